The summed E-state index contributed by atoms with van der Waals surface area (Å²) >= 11 is 0. The second-order valence-electron chi connectivity index (χ2n) is 8.81. The van der Waals surface area contributed by atoms with E-state index in [1.165, 1.54) is 5.56 Å². The van der Waals surface area contributed by atoms with Gasteiger partial charge in [0.25, 0.3) is 0 Å². The average Bonchev–Trinajstić information content (AvgIpc) is 3.39. The maximum absolute atomic E-state index is 14.0. The Hall–Kier alpha value is -3.60. The fraction of sp³-hybridized carbons (Fsp3) is 0.286. The number of carbonyl (C=O) groups is 2. The minimum absolute atomic E-state index is 0.0209. The molecule has 3 aromatic rings. The van der Waals surface area contributed by atoms with E-state index in [0.29, 0.717) is 26.2 Å². The molecule has 0 radical (unpaired) electrons. The highest BCUT2D eigenvalue weighted by Gasteiger charge is 2.48. The molecule has 0 atom stereocenters. The smallest absolute Gasteiger partial charge is 0.317 e. The second-order valence-corrected chi connectivity index (χ2v) is 8.81. The van der Waals surface area contributed by atoms with E-state index in [0.717, 1.165) is 41.5 Å². The third-order valence-electron chi connectivity index (χ3n) is 6.92. The van der Waals surface area contributed by atoms with E-state index in [2.05, 4.69) is 59.2 Å². The highest BCUT2D eigenvalue weighted by molar-refractivity contribution is 6.00. The molecule has 1 saturated heterocycles. The fourth-order valence-corrected chi connectivity index (χ4v) is 5.33. The van der Waals surface area contributed by atoms with Crippen LogP contribution in [0.25, 0.3) is 11.1 Å². The normalized spacial score (nSPS) is 15.6. The van der Waals surface area contributed by atoms with Crippen LogP contribution in [-0.2, 0) is 16.6 Å². The Morgan fingerprint density at radius 1 is 0.909 bits per heavy atom. The van der Waals surface area contributed by atoms with Gasteiger partial charge in [0, 0.05) is 26.2 Å². The van der Waals surface area contributed by atoms with Gasteiger partial charge in [-0.1, -0.05) is 78.9 Å². The minimum atomic E-state index is -0.727. The molecule has 168 valence electrons. The summed E-state index contributed by atoms with van der Waals surface area (Å²) < 4.78 is 0. The van der Waals surface area contributed by atoms with Crippen molar-refractivity contribution in [1.29, 1.82) is 0 Å². The summed E-state index contributed by atoms with van der Waals surface area (Å²) in [6.45, 7) is 2.30. The molecule has 1 heterocycles. The first-order valence-corrected chi connectivity index (χ1v) is 11.7. The largest absolute Gasteiger partial charge is 0.353 e. The number of nitrogens with one attached hydrogen (secondary N) is 2. The van der Waals surface area contributed by atoms with E-state index in [1.54, 1.807) is 4.90 Å². The Morgan fingerprint density at radius 2 is 1.55 bits per heavy atom. The molecule has 0 unspecified atom stereocenters. The topological polar surface area (TPSA) is 61.4 Å². The summed E-state index contributed by atoms with van der Waals surface area (Å²) in [7, 11) is 0. The quantitative estimate of drug-likeness (QED) is 0.555. The predicted octanol–water partition coefficient (Wildman–Crippen LogP) is 4.12. The highest BCUT2D eigenvalue weighted by atomic mass is 16.2. The van der Waals surface area contributed by atoms with Crippen molar-refractivity contribution in [3.05, 3.63) is 95.6 Å². The molecule has 33 heavy (non-hydrogen) atoms. The lowest BCUT2D eigenvalue weighted by Gasteiger charge is -2.31. The highest BCUT2D eigenvalue weighted by Crippen LogP contribution is 2.51. The standard InChI is InChI=1S/C28H29N3O2/c32-26(29-17-19-31-20-18-30-27(31)33)28(16-8-11-21-9-2-1-3-10-21)24-14-6-4-12-22(24)23-13-5-7-15-25(23)28/h1-7,9-10,12-15H,8,11,16-20H2,(H,29,32)(H,30,33). The van der Waals surface area contributed by atoms with Crippen molar-refractivity contribution in [2.75, 3.05) is 26.2 Å². The molecular weight excluding hydrogens is 410 g/mol. The Morgan fingerprint density at radius 3 is 2.18 bits per heavy atom. The van der Waals surface area contributed by atoms with Crippen LogP contribution in [0.3, 0.4) is 0 Å². The van der Waals surface area contributed by atoms with Crippen LogP contribution < -0.4 is 10.6 Å². The average molecular weight is 440 g/mol. The zero-order valence-electron chi connectivity index (χ0n) is 18.7. The zero-order chi connectivity index (χ0) is 22.7. The molecule has 5 rings (SSSR count). The zero-order valence-corrected chi connectivity index (χ0v) is 18.7. The first-order chi connectivity index (χ1) is 16.2. The van der Waals surface area contributed by atoms with Gasteiger partial charge >= 0.3 is 6.03 Å². The van der Waals surface area contributed by atoms with Gasteiger partial charge in [-0.25, -0.2) is 4.79 Å². The van der Waals surface area contributed by atoms with Crippen LogP contribution in [0.15, 0.2) is 78.9 Å². The van der Waals surface area contributed by atoms with Crippen molar-refractivity contribution >= 4 is 11.9 Å². The molecule has 0 saturated carbocycles. The van der Waals surface area contributed by atoms with Crippen molar-refractivity contribution in [2.45, 2.75) is 24.7 Å². The van der Waals surface area contributed by atoms with Crippen LogP contribution in [0.1, 0.15) is 29.5 Å². The number of aryl methyl sites for hydroxylation is 1. The summed E-state index contributed by atoms with van der Waals surface area (Å²) in [6.07, 6.45) is 2.55. The van der Waals surface area contributed by atoms with Crippen molar-refractivity contribution in [2.24, 2.45) is 0 Å². The number of benzene rings is 3. The van der Waals surface area contributed by atoms with Crippen LogP contribution in [0.4, 0.5) is 4.79 Å². The van der Waals surface area contributed by atoms with Gasteiger partial charge in [-0.3, -0.25) is 4.79 Å². The lowest BCUT2D eigenvalue weighted by atomic mass is 9.73. The first-order valence-electron chi connectivity index (χ1n) is 11.7. The van der Waals surface area contributed by atoms with E-state index in [-0.39, 0.29) is 11.9 Å². The number of hydrogen-bond acceptors (Lipinski definition) is 2. The molecule has 1 aliphatic carbocycles. The Labute approximate surface area is 194 Å². The molecule has 3 aromatic carbocycles. The molecular formula is C28H29N3O2. The second kappa shape index (κ2) is 9.10. The summed E-state index contributed by atoms with van der Waals surface area (Å²) in [4.78, 5) is 27.6. The van der Waals surface area contributed by atoms with Crippen molar-refractivity contribution in [1.82, 2.24) is 15.5 Å². The maximum atomic E-state index is 14.0. The third kappa shape index (κ3) is 3.88. The maximum Gasteiger partial charge on any atom is 0.317 e. The predicted molar refractivity (Wildman–Crippen MR) is 130 cm³/mol. The molecule has 5 nitrogen and oxygen atoms in total. The van der Waals surface area contributed by atoms with Crippen LogP contribution in [0, 0.1) is 0 Å². The monoisotopic (exact) mass is 439 g/mol. The van der Waals surface area contributed by atoms with Gasteiger partial charge < -0.3 is 15.5 Å². The van der Waals surface area contributed by atoms with Crippen molar-refractivity contribution in [3.63, 3.8) is 0 Å². The van der Waals surface area contributed by atoms with Crippen molar-refractivity contribution in [3.8, 4) is 11.1 Å². The molecule has 5 heteroatoms. The number of fused-ring (bicyclic) bond motifs is 3. The number of urea groups is 1. The van der Waals surface area contributed by atoms with E-state index < -0.39 is 5.41 Å². The van der Waals surface area contributed by atoms with Crippen LogP contribution in [0.5, 0.6) is 0 Å². The lowest BCUT2D eigenvalue weighted by Crippen LogP contribution is -2.46. The third-order valence-corrected chi connectivity index (χ3v) is 6.92. The Bertz CT molecular complexity index is 1110. The number of amides is 3. The molecule has 2 N–H and O–H groups in total. The number of rotatable bonds is 8. The van der Waals surface area contributed by atoms with Gasteiger partial charge in [0.1, 0.15) is 5.41 Å². The van der Waals surface area contributed by atoms with Gasteiger partial charge in [0.2, 0.25) is 5.91 Å². The molecule has 1 aliphatic heterocycles. The fourth-order valence-electron chi connectivity index (χ4n) is 5.33. The summed E-state index contributed by atoms with van der Waals surface area (Å²) in [5.74, 6) is 0.0209. The van der Waals surface area contributed by atoms with Crippen LogP contribution >= 0.6 is 0 Å². The molecule has 0 bridgehead atoms. The van der Waals surface area contributed by atoms with E-state index >= 15 is 0 Å². The van der Waals surface area contributed by atoms with Crippen molar-refractivity contribution < 1.29 is 9.59 Å². The summed E-state index contributed by atoms with van der Waals surface area (Å²) in [5, 5.41) is 6.00. The lowest BCUT2D eigenvalue weighted by molar-refractivity contribution is -0.125. The summed E-state index contributed by atoms with van der Waals surface area (Å²) in [6, 6.07) is 27.0. The molecule has 0 spiro atoms. The van der Waals surface area contributed by atoms with Crippen LogP contribution in [-0.4, -0.2) is 43.0 Å². The van der Waals surface area contributed by atoms with Gasteiger partial charge in [-0.15, -0.1) is 0 Å². The van der Waals surface area contributed by atoms with E-state index in [1.807, 2.05) is 30.3 Å². The minimum Gasteiger partial charge on any atom is -0.353 e. The van der Waals surface area contributed by atoms with Gasteiger partial charge in [-0.2, -0.15) is 0 Å². The SMILES string of the molecule is O=C1NCCN1CCNC(=O)C1(CCCc2ccccc2)c2ccccc2-c2ccccc21. The molecule has 2 aliphatic rings. The summed E-state index contributed by atoms with van der Waals surface area (Å²) in [5.41, 5.74) is 5.00. The van der Waals surface area contributed by atoms with Gasteiger partial charge in [0.15, 0.2) is 0 Å². The molecule has 3 amide bonds. The number of carbonyl (C=O) groups excluding carboxylic acids is 2. The van der Waals surface area contributed by atoms with E-state index in [4.69, 9.17) is 0 Å². The number of hydrogen-bond donors (Lipinski definition) is 2. The Balaban J connectivity index is 1.43. The van der Waals surface area contributed by atoms with Gasteiger partial charge in [-0.05, 0) is 47.1 Å². The number of nitrogens with zero attached hydrogens (tertiary/aromatic N) is 1. The van der Waals surface area contributed by atoms with Gasteiger partial charge in [0.05, 0.1) is 0 Å². The molecule has 1 fully saturated rings. The molecule has 0 aromatic heterocycles. The Kier molecular flexibility index (Phi) is 5.86. The first kappa shape index (κ1) is 21.3. The van der Waals surface area contributed by atoms with Crippen LogP contribution in [0.2, 0.25) is 0 Å². The van der Waals surface area contributed by atoms with E-state index in [9.17, 15) is 9.59 Å².